The van der Waals surface area contributed by atoms with Crippen molar-refractivity contribution in [1.29, 1.82) is 0 Å². The van der Waals surface area contributed by atoms with Crippen LogP contribution in [0.3, 0.4) is 0 Å². The number of hydrogen-bond acceptors (Lipinski definition) is 9. The van der Waals surface area contributed by atoms with Gasteiger partial charge in [0.2, 0.25) is 5.89 Å². The Bertz CT molecular complexity index is 1550. The molecule has 0 aliphatic carbocycles. The summed E-state index contributed by atoms with van der Waals surface area (Å²) >= 11 is 1.30. The van der Waals surface area contributed by atoms with E-state index >= 15 is 0 Å². The van der Waals surface area contributed by atoms with Crippen LogP contribution >= 0.6 is 11.3 Å². The monoisotopic (exact) mass is 493 g/mol. The molecule has 1 atom stereocenters. The number of aryl methyl sites for hydroxylation is 1. The van der Waals surface area contributed by atoms with Crippen molar-refractivity contribution in [1.82, 2.24) is 34.7 Å². The van der Waals surface area contributed by atoms with E-state index in [1.54, 1.807) is 10.8 Å². The van der Waals surface area contributed by atoms with Crippen LogP contribution in [-0.2, 0) is 17.8 Å². The van der Waals surface area contributed by atoms with Crippen molar-refractivity contribution in [3.8, 4) is 10.8 Å². The van der Waals surface area contributed by atoms with Crippen LogP contribution in [0.2, 0.25) is 0 Å². The number of aromatic nitrogens is 7. The van der Waals surface area contributed by atoms with Gasteiger partial charge in [-0.3, -0.25) is 13.9 Å². The van der Waals surface area contributed by atoms with E-state index in [0.29, 0.717) is 32.4 Å². The molecule has 11 nitrogen and oxygen atoms in total. The predicted molar refractivity (Wildman–Crippen MR) is 129 cm³/mol. The first kappa shape index (κ1) is 22.9. The summed E-state index contributed by atoms with van der Waals surface area (Å²) in [4.78, 5) is 32.8. The third kappa shape index (κ3) is 4.33. The SMILES string of the molecule is Cc1c(-c2ncco2)sc2c1c(=O)n(Cc1nnn[nH]1)c(=O)n2C[C@H](OC(C)C)c1ccccc1. The minimum Gasteiger partial charge on any atom is -0.444 e. The van der Waals surface area contributed by atoms with Gasteiger partial charge < -0.3 is 9.15 Å². The zero-order valence-corrected chi connectivity index (χ0v) is 20.2. The number of benzene rings is 1. The van der Waals surface area contributed by atoms with Crippen LogP contribution in [0.25, 0.3) is 21.0 Å². The van der Waals surface area contributed by atoms with E-state index in [-0.39, 0.29) is 19.2 Å². The summed E-state index contributed by atoms with van der Waals surface area (Å²) in [5.74, 6) is 0.695. The van der Waals surface area contributed by atoms with Gasteiger partial charge in [0, 0.05) is 0 Å². The quantitative estimate of drug-likeness (QED) is 0.349. The van der Waals surface area contributed by atoms with E-state index in [9.17, 15) is 9.59 Å². The van der Waals surface area contributed by atoms with E-state index in [2.05, 4.69) is 25.6 Å². The largest absolute Gasteiger partial charge is 0.444 e. The number of hydrogen-bond donors (Lipinski definition) is 1. The van der Waals surface area contributed by atoms with Gasteiger partial charge >= 0.3 is 5.69 Å². The van der Waals surface area contributed by atoms with Crippen molar-refractivity contribution in [3.05, 3.63) is 80.6 Å². The van der Waals surface area contributed by atoms with Crippen molar-refractivity contribution >= 4 is 21.6 Å². The Morgan fingerprint density at radius 3 is 2.63 bits per heavy atom. The molecule has 1 aromatic carbocycles. The zero-order valence-electron chi connectivity index (χ0n) is 19.3. The summed E-state index contributed by atoms with van der Waals surface area (Å²) < 4.78 is 14.5. The van der Waals surface area contributed by atoms with E-state index < -0.39 is 17.4 Å². The van der Waals surface area contributed by atoms with Gasteiger partial charge in [-0.25, -0.2) is 14.9 Å². The minimum absolute atomic E-state index is 0.0782. The van der Waals surface area contributed by atoms with Crippen LogP contribution < -0.4 is 11.2 Å². The van der Waals surface area contributed by atoms with Crippen LogP contribution in [-0.4, -0.2) is 40.8 Å². The molecule has 0 aliphatic rings. The molecule has 1 N–H and O–H groups in total. The summed E-state index contributed by atoms with van der Waals surface area (Å²) in [6, 6.07) is 9.71. The Morgan fingerprint density at radius 1 is 1.17 bits per heavy atom. The average Bonchev–Trinajstić information content (AvgIpc) is 3.61. The predicted octanol–water partition coefficient (Wildman–Crippen LogP) is 2.92. The lowest BCUT2D eigenvalue weighted by Crippen LogP contribution is -2.41. The van der Waals surface area contributed by atoms with E-state index in [4.69, 9.17) is 9.15 Å². The molecule has 0 spiro atoms. The number of aromatic amines is 1. The highest BCUT2D eigenvalue weighted by molar-refractivity contribution is 7.22. The molecule has 12 heteroatoms. The average molecular weight is 494 g/mol. The number of ether oxygens (including phenoxy) is 1. The highest BCUT2D eigenvalue weighted by atomic mass is 32.1. The molecule has 0 unspecified atom stereocenters. The summed E-state index contributed by atoms with van der Waals surface area (Å²) in [7, 11) is 0. The lowest BCUT2D eigenvalue weighted by atomic mass is 10.1. The number of nitrogens with zero attached hydrogens (tertiary/aromatic N) is 6. The Kier molecular flexibility index (Phi) is 6.14. The van der Waals surface area contributed by atoms with Crippen molar-refractivity contribution in [2.24, 2.45) is 0 Å². The molecule has 4 heterocycles. The molecule has 4 aromatic heterocycles. The molecule has 0 radical (unpaired) electrons. The molecule has 35 heavy (non-hydrogen) atoms. The normalized spacial score (nSPS) is 12.6. The lowest BCUT2D eigenvalue weighted by Gasteiger charge is -2.22. The summed E-state index contributed by atoms with van der Waals surface area (Å²) in [5, 5.41) is 14.0. The molecule has 5 rings (SSSR count). The summed E-state index contributed by atoms with van der Waals surface area (Å²) in [6.07, 6.45) is 2.53. The molecule has 0 bridgehead atoms. The number of thiophene rings is 1. The Balaban J connectivity index is 1.74. The number of tetrazole rings is 1. The second-order valence-corrected chi connectivity index (χ2v) is 9.29. The molecule has 0 aliphatic heterocycles. The fourth-order valence-electron chi connectivity index (χ4n) is 4.02. The van der Waals surface area contributed by atoms with Gasteiger partial charge in [-0.1, -0.05) is 30.3 Å². The third-order valence-electron chi connectivity index (χ3n) is 5.57. The van der Waals surface area contributed by atoms with Crippen molar-refractivity contribution < 1.29 is 9.15 Å². The first-order valence-electron chi connectivity index (χ1n) is 11.0. The smallest absolute Gasteiger partial charge is 0.332 e. The Hall–Kier alpha value is -3.90. The molecule has 0 fully saturated rings. The van der Waals surface area contributed by atoms with Gasteiger partial charge in [0.05, 0.1) is 35.7 Å². The number of H-pyrrole nitrogens is 1. The van der Waals surface area contributed by atoms with Gasteiger partial charge in [0.15, 0.2) is 5.82 Å². The van der Waals surface area contributed by atoms with E-state index in [1.807, 2.05) is 51.1 Å². The van der Waals surface area contributed by atoms with Crippen molar-refractivity contribution in [2.45, 2.75) is 46.1 Å². The molecule has 0 saturated carbocycles. The van der Waals surface area contributed by atoms with Crippen LogP contribution in [0.4, 0.5) is 0 Å². The fourth-order valence-corrected chi connectivity index (χ4v) is 5.26. The van der Waals surface area contributed by atoms with Gasteiger partial charge in [-0.15, -0.1) is 16.4 Å². The van der Waals surface area contributed by atoms with Crippen molar-refractivity contribution in [2.75, 3.05) is 0 Å². The van der Waals surface area contributed by atoms with Gasteiger partial charge in [0.25, 0.3) is 5.56 Å². The van der Waals surface area contributed by atoms with Crippen LogP contribution in [0.1, 0.15) is 36.9 Å². The van der Waals surface area contributed by atoms with Gasteiger partial charge in [-0.2, -0.15) is 0 Å². The van der Waals surface area contributed by atoms with Crippen molar-refractivity contribution in [3.63, 3.8) is 0 Å². The molecular weight excluding hydrogens is 470 g/mol. The number of fused-ring (bicyclic) bond motifs is 1. The molecule has 180 valence electrons. The standard InChI is InChI=1S/C23H23N7O4S/c1-13(2)34-16(15-7-5-4-6-8-15)11-30-22-18(14(3)19(35-22)20-24-9-10-33-20)21(31)29(23(30)32)12-17-25-27-28-26-17/h4-10,13,16H,11-12H2,1-3H3,(H,25,26,27,28)/t16-/m0/s1. The maximum Gasteiger partial charge on any atom is 0.332 e. The van der Waals surface area contributed by atoms with Crippen LogP contribution in [0, 0.1) is 6.92 Å². The van der Waals surface area contributed by atoms with E-state index in [1.165, 1.54) is 17.6 Å². The summed E-state index contributed by atoms with van der Waals surface area (Å²) in [6.45, 7) is 5.83. The fraction of sp³-hybridized carbons (Fsp3) is 0.304. The Morgan fingerprint density at radius 2 is 1.97 bits per heavy atom. The molecule has 0 saturated heterocycles. The first-order chi connectivity index (χ1) is 16.9. The van der Waals surface area contributed by atoms with Crippen LogP contribution in [0.15, 0.2) is 56.8 Å². The second kappa shape index (κ2) is 9.39. The number of rotatable bonds is 8. The molecule has 5 aromatic rings. The lowest BCUT2D eigenvalue weighted by molar-refractivity contribution is -0.00337. The summed E-state index contributed by atoms with van der Waals surface area (Å²) in [5.41, 5.74) is 0.717. The maximum atomic E-state index is 13.7. The van der Waals surface area contributed by atoms with Gasteiger partial charge in [-0.05, 0) is 42.3 Å². The van der Waals surface area contributed by atoms with Gasteiger partial charge in [0.1, 0.15) is 17.2 Å². The number of oxazole rings is 1. The zero-order chi connectivity index (χ0) is 24.5. The first-order valence-corrected chi connectivity index (χ1v) is 11.8. The second-order valence-electron chi connectivity index (χ2n) is 8.29. The molecule has 0 amide bonds. The highest BCUT2D eigenvalue weighted by Gasteiger charge is 2.25. The topological polar surface area (TPSA) is 134 Å². The number of nitrogens with one attached hydrogen (secondary N) is 1. The van der Waals surface area contributed by atoms with E-state index in [0.717, 1.165) is 10.1 Å². The molecular formula is C23H23N7O4S. The highest BCUT2D eigenvalue weighted by Crippen LogP contribution is 2.36. The maximum absolute atomic E-state index is 13.7. The van der Waals surface area contributed by atoms with Crippen LogP contribution in [0.5, 0.6) is 0 Å². The minimum atomic E-state index is -0.479. The Labute approximate surface area is 203 Å². The third-order valence-corrected chi connectivity index (χ3v) is 6.88.